The SMILES string of the molecule is CCN(CCCN(C)C)C(CO)C(N)CC(C)C. The molecular formula is C14H33N3O. The summed E-state index contributed by atoms with van der Waals surface area (Å²) in [4.78, 5) is 4.51. The van der Waals surface area contributed by atoms with Gasteiger partial charge in [-0.15, -0.1) is 0 Å². The molecule has 4 heteroatoms. The van der Waals surface area contributed by atoms with Crippen LogP contribution in [0.3, 0.4) is 0 Å². The maximum absolute atomic E-state index is 9.59. The number of nitrogens with zero attached hydrogens (tertiary/aromatic N) is 2. The summed E-state index contributed by atoms with van der Waals surface area (Å²) >= 11 is 0. The number of likely N-dealkylation sites (N-methyl/N-ethyl adjacent to an activating group) is 1. The van der Waals surface area contributed by atoms with Crippen LogP contribution in [0.25, 0.3) is 0 Å². The Kier molecular flexibility index (Phi) is 9.64. The van der Waals surface area contributed by atoms with E-state index >= 15 is 0 Å². The molecule has 4 nitrogen and oxygen atoms in total. The van der Waals surface area contributed by atoms with Crippen molar-refractivity contribution in [3.05, 3.63) is 0 Å². The van der Waals surface area contributed by atoms with Crippen molar-refractivity contribution in [2.75, 3.05) is 40.3 Å². The molecular weight excluding hydrogens is 226 g/mol. The minimum Gasteiger partial charge on any atom is -0.395 e. The second-order valence-electron chi connectivity index (χ2n) is 5.83. The zero-order valence-corrected chi connectivity index (χ0v) is 12.9. The molecule has 3 N–H and O–H groups in total. The lowest BCUT2D eigenvalue weighted by molar-refractivity contribution is 0.0992. The summed E-state index contributed by atoms with van der Waals surface area (Å²) in [6.07, 6.45) is 2.08. The molecule has 0 spiro atoms. The molecule has 110 valence electrons. The van der Waals surface area contributed by atoms with Crippen LogP contribution in [-0.2, 0) is 0 Å². The third-order valence-electron chi connectivity index (χ3n) is 3.35. The summed E-state index contributed by atoms with van der Waals surface area (Å²) < 4.78 is 0. The number of hydrogen-bond acceptors (Lipinski definition) is 4. The Morgan fingerprint density at radius 2 is 1.78 bits per heavy atom. The fourth-order valence-electron chi connectivity index (χ4n) is 2.37. The summed E-state index contributed by atoms with van der Waals surface area (Å²) in [5, 5.41) is 9.59. The highest BCUT2D eigenvalue weighted by Crippen LogP contribution is 2.12. The van der Waals surface area contributed by atoms with E-state index in [4.69, 9.17) is 5.73 Å². The van der Waals surface area contributed by atoms with Gasteiger partial charge in [-0.2, -0.15) is 0 Å². The van der Waals surface area contributed by atoms with Crippen molar-refractivity contribution in [2.24, 2.45) is 11.7 Å². The Bertz CT molecular complexity index is 197. The molecule has 0 aliphatic rings. The van der Waals surface area contributed by atoms with E-state index in [2.05, 4.69) is 44.7 Å². The van der Waals surface area contributed by atoms with E-state index in [0.717, 1.165) is 32.5 Å². The highest BCUT2D eigenvalue weighted by molar-refractivity contribution is 4.82. The van der Waals surface area contributed by atoms with Crippen molar-refractivity contribution in [1.82, 2.24) is 9.80 Å². The van der Waals surface area contributed by atoms with Gasteiger partial charge in [0.1, 0.15) is 0 Å². The second-order valence-corrected chi connectivity index (χ2v) is 5.83. The molecule has 0 bridgehead atoms. The molecule has 2 atom stereocenters. The molecule has 2 unspecified atom stereocenters. The third-order valence-corrected chi connectivity index (χ3v) is 3.35. The molecule has 0 saturated carbocycles. The van der Waals surface area contributed by atoms with Crippen LogP contribution < -0.4 is 5.73 Å². The predicted molar refractivity (Wildman–Crippen MR) is 78.7 cm³/mol. The van der Waals surface area contributed by atoms with E-state index in [0.29, 0.717) is 5.92 Å². The first-order chi connectivity index (χ1) is 8.42. The van der Waals surface area contributed by atoms with Crippen LogP contribution in [0.1, 0.15) is 33.6 Å². The average Bonchev–Trinajstić information content (AvgIpc) is 2.26. The van der Waals surface area contributed by atoms with Crippen LogP contribution in [0.4, 0.5) is 0 Å². The number of rotatable bonds is 10. The van der Waals surface area contributed by atoms with Crippen LogP contribution in [0.2, 0.25) is 0 Å². The Labute approximate surface area is 113 Å². The molecule has 0 aromatic carbocycles. The number of nitrogens with two attached hydrogens (primary N) is 1. The zero-order valence-electron chi connectivity index (χ0n) is 12.9. The average molecular weight is 259 g/mol. The summed E-state index contributed by atoms with van der Waals surface area (Å²) in [6, 6.07) is 0.161. The first-order valence-corrected chi connectivity index (χ1v) is 7.17. The molecule has 0 aromatic rings. The van der Waals surface area contributed by atoms with E-state index in [1.807, 2.05) is 0 Å². The highest BCUT2D eigenvalue weighted by Gasteiger charge is 2.23. The van der Waals surface area contributed by atoms with Gasteiger partial charge in [0, 0.05) is 12.1 Å². The maximum Gasteiger partial charge on any atom is 0.0601 e. The lowest BCUT2D eigenvalue weighted by Crippen LogP contribution is -2.51. The lowest BCUT2D eigenvalue weighted by atomic mass is 9.97. The summed E-state index contributed by atoms with van der Waals surface area (Å²) in [7, 11) is 4.18. The molecule has 0 radical (unpaired) electrons. The molecule has 0 aliphatic carbocycles. The van der Waals surface area contributed by atoms with E-state index < -0.39 is 0 Å². The lowest BCUT2D eigenvalue weighted by Gasteiger charge is -2.34. The monoisotopic (exact) mass is 259 g/mol. The minimum atomic E-state index is 0.0642. The fourth-order valence-corrected chi connectivity index (χ4v) is 2.37. The molecule has 0 rings (SSSR count). The fraction of sp³-hybridized carbons (Fsp3) is 1.00. The summed E-state index contributed by atoms with van der Waals surface area (Å²) in [5.41, 5.74) is 6.23. The van der Waals surface area contributed by atoms with E-state index in [1.54, 1.807) is 0 Å². The molecule has 0 saturated heterocycles. The van der Waals surface area contributed by atoms with Gasteiger partial charge in [0.15, 0.2) is 0 Å². The van der Waals surface area contributed by atoms with Gasteiger partial charge < -0.3 is 15.7 Å². The standard InChI is InChI=1S/C14H33N3O/c1-6-17(9-7-8-16(4)5)14(11-18)13(15)10-12(2)3/h12-14,18H,6-11,15H2,1-5H3. The van der Waals surface area contributed by atoms with Gasteiger partial charge in [0.2, 0.25) is 0 Å². The van der Waals surface area contributed by atoms with Gasteiger partial charge in [-0.25, -0.2) is 0 Å². The predicted octanol–water partition coefficient (Wildman–Crippen LogP) is 0.994. The minimum absolute atomic E-state index is 0.0642. The topological polar surface area (TPSA) is 52.7 Å². The Hall–Kier alpha value is -0.160. The van der Waals surface area contributed by atoms with E-state index in [1.165, 1.54) is 0 Å². The first-order valence-electron chi connectivity index (χ1n) is 7.17. The normalized spacial score (nSPS) is 15.7. The Morgan fingerprint density at radius 3 is 2.17 bits per heavy atom. The number of aliphatic hydroxyl groups is 1. The van der Waals surface area contributed by atoms with Gasteiger partial charge in [-0.3, -0.25) is 4.90 Å². The Morgan fingerprint density at radius 1 is 1.17 bits per heavy atom. The van der Waals surface area contributed by atoms with Crippen molar-refractivity contribution in [3.8, 4) is 0 Å². The quantitative estimate of drug-likeness (QED) is 0.614. The first kappa shape index (κ1) is 17.8. The number of aliphatic hydroxyl groups excluding tert-OH is 1. The molecule has 18 heavy (non-hydrogen) atoms. The van der Waals surface area contributed by atoms with Crippen molar-refractivity contribution in [1.29, 1.82) is 0 Å². The van der Waals surface area contributed by atoms with Crippen LogP contribution >= 0.6 is 0 Å². The molecule has 0 fully saturated rings. The van der Waals surface area contributed by atoms with Crippen LogP contribution in [-0.4, -0.2) is 67.3 Å². The van der Waals surface area contributed by atoms with Crippen LogP contribution in [0, 0.1) is 5.92 Å². The van der Waals surface area contributed by atoms with E-state index in [9.17, 15) is 5.11 Å². The number of hydrogen-bond donors (Lipinski definition) is 2. The third kappa shape index (κ3) is 7.31. The summed E-state index contributed by atoms with van der Waals surface area (Å²) in [6.45, 7) is 9.68. The summed E-state index contributed by atoms with van der Waals surface area (Å²) in [5.74, 6) is 0.578. The van der Waals surface area contributed by atoms with Crippen molar-refractivity contribution in [3.63, 3.8) is 0 Å². The molecule has 0 amide bonds. The molecule has 0 aromatic heterocycles. The maximum atomic E-state index is 9.59. The van der Waals surface area contributed by atoms with Crippen molar-refractivity contribution < 1.29 is 5.11 Å². The second kappa shape index (κ2) is 9.73. The highest BCUT2D eigenvalue weighted by atomic mass is 16.3. The van der Waals surface area contributed by atoms with Crippen LogP contribution in [0.15, 0.2) is 0 Å². The van der Waals surface area contributed by atoms with Gasteiger partial charge in [-0.05, 0) is 52.5 Å². The van der Waals surface area contributed by atoms with Crippen molar-refractivity contribution >= 4 is 0 Å². The van der Waals surface area contributed by atoms with Gasteiger partial charge in [-0.1, -0.05) is 20.8 Å². The Balaban J connectivity index is 4.28. The van der Waals surface area contributed by atoms with Gasteiger partial charge in [0.05, 0.1) is 6.61 Å². The van der Waals surface area contributed by atoms with E-state index in [-0.39, 0.29) is 18.7 Å². The van der Waals surface area contributed by atoms with Gasteiger partial charge in [0.25, 0.3) is 0 Å². The molecule has 0 aliphatic heterocycles. The smallest absolute Gasteiger partial charge is 0.0601 e. The largest absolute Gasteiger partial charge is 0.395 e. The van der Waals surface area contributed by atoms with Crippen LogP contribution in [0.5, 0.6) is 0 Å². The molecule has 0 heterocycles. The zero-order chi connectivity index (χ0) is 14.1. The van der Waals surface area contributed by atoms with Gasteiger partial charge >= 0.3 is 0 Å². The van der Waals surface area contributed by atoms with Crippen molar-refractivity contribution in [2.45, 2.75) is 45.7 Å².